The van der Waals surface area contributed by atoms with Gasteiger partial charge in [-0.3, -0.25) is 4.79 Å². The molecule has 5 N–H and O–H groups in total. The molecular formula is C15H11Cl2N3O. The third-order valence-corrected chi connectivity index (χ3v) is 3.78. The van der Waals surface area contributed by atoms with Crippen molar-refractivity contribution in [3.8, 4) is 0 Å². The second-order valence-electron chi connectivity index (χ2n) is 4.69. The maximum Gasteiger partial charge on any atom is 0.197 e. The molecule has 0 radical (unpaired) electrons. The van der Waals surface area contributed by atoms with Gasteiger partial charge in [0.15, 0.2) is 5.78 Å². The van der Waals surface area contributed by atoms with E-state index in [1.807, 2.05) is 0 Å². The van der Waals surface area contributed by atoms with Gasteiger partial charge in [-0.25, -0.2) is 0 Å². The van der Waals surface area contributed by atoms with Gasteiger partial charge in [0.05, 0.1) is 5.02 Å². The van der Waals surface area contributed by atoms with Crippen LogP contribution in [-0.2, 0) is 0 Å². The minimum absolute atomic E-state index is 0.219. The first-order valence-corrected chi connectivity index (χ1v) is 6.89. The van der Waals surface area contributed by atoms with Crippen molar-refractivity contribution in [1.82, 2.24) is 4.98 Å². The summed E-state index contributed by atoms with van der Waals surface area (Å²) in [6, 6.07) is 8.11. The maximum absolute atomic E-state index is 12.7. The molecule has 4 nitrogen and oxygen atoms in total. The van der Waals surface area contributed by atoms with Crippen LogP contribution >= 0.6 is 23.2 Å². The van der Waals surface area contributed by atoms with E-state index in [1.165, 1.54) is 0 Å². The fourth-order valence-electron chi connectivity index (χ4n) is 2.30. The van der Waals surface area contributed by atoms with E-state index in [0.717, 1.165) is 0 Å². The lowest BCUT2D eigenvalue weighted by atomic mass is 10.0. The highest BCUT2D eigenvalue weighted by atomic mass is 35.5. The average Bonchev–Trinajstić information content (AvgIpc) is 2.81. The van der Waals surface area contributed by atoms with Crippen molar-refractivity contribution in [2.24, 2.45) is 0 Å². The Hall–Kier alpha value is -2.17. The number of nitrogen functional groups attached to an aromatic ring is 2. The Labute approximate surface area is 130 Å². The van der Waals surface area contributed by atoms with Crippen LogP contribution < -0.4 is 11.5 Å². The van der Waals surface area contributed by atoms with Crippen molar-refractivity contribution in [1.29, 1.82) is 0 Å². The first kappa shape index (κ1) is 13.8. The number of fused-ring (bicyclic) bond motifs is 1. The summed E-state index contributed by atoms with van der Waals surface area (Å²) in [6.07, 6.45) is 1.60. The van der Waals surface area contributed by atoms with Gasteiger partial charge in [0, 0.05) is 44.6 Å². The molecule has 1 aromatic heterocycles. The summed E-state index contributed by atoms with van der Waals surface area (Å²) in [4.78, 5) is 15.7. The van der Waals surface area contributed by atoms with Gasteiger partial charge < -0.3 is 16.5 Å². The van der Waals surface area contributed by atoms with Gasteiger partial charge in [-0.1, -0.05) is 23.2 Å². The molecule has 0 saturated carbocycles. The normalized spacial score (nSPS) is 11.0. The zero-order valence-electron chi connectivity index (χ0n) is 10.8. The minimum Gasteiger partial charge on any atom is -0.399 e. The number of benzene rings is 2. The number of nitrogens with two attached hydrogens (primary N) is 2. The van der Waals surface area contributed by atoms with E-state index in [1.54, 1.807) is 36.5 Å². The van der Waals surface area contributed by atoms with Crippen molar-refractivity contribution in [2.45, 2.75) is 0 Å². The van der Waals surface area contributed by atoms with E-state index in [9.17, 15) is 4.79 Å². The molecule has 2 aromatic carbocycles. The molecular weight excluding hydrogens is 309 g/mol. The molecule has 0 aliphatic rings. The van der Waals surface area contributed by atoms with Crippen molar-refractivity contribution in [3.63, 3.8) is 0 Å². The van der Waals surface area contributed by atoms with E-state index in [0.29, 0.717) is 43.4 Å². The van der Waals surface area contributed by atoms with Gasteiger partial charge in [0.1, 0.15) is 0 Å². The van der Waals surface area contributed by atoms with Crippen molar-refractivity contribution < 1.29 is 4.79 Å². The Bertz CT molecular complexity index is 871. The van der Waals surface area contributed by atoms with Crippen molar-refractivity contribution >= 4 is 51.3 Å². The van der Waals surface area contributed by atoms with Crippen LogP contribution in [0.2, 0.25) is 10.0 Å². The molecule has 0 amide bonds. The van der Waals surface area contributed by atoms with Crippen LogP contribution in [0.4, 0.5) is 11.4 Å². The number of anilines is 2. The maximum atomic E-state index is 12.7. The van der Waals surface area contributed by atoms with Gasteiger partial charge in [0.2, 0.25) is 0 Å². The number of rotatable bonds is 2. The highest BCUT2D eigenvalue weighted by molar-refractivity contribution is 6.40. The third-order valence-electron chi connectivity index (χ3n) is 3.26. The first-order valence-electron chi connectivity index (χ1n) is 6.13. The van der Waals surface area contributed by atoms with Crippen molar-refractivity contribution in [2.75, 3.05) is 11.5 Å². The summed E-state index contributed by atoms with van der Waals surface area (Å²) < 4.78 is 0. The molecule has 0 spiro atoms. The van der Waals surface area contributed by atoms with Gasteiger partial charge >= 0.3 is 0 Å². The molecule has 3 rings (SSSR count). The van der Waals surface area contributed by atoms with Crippen molar-refractivity contribution in [3.05, 3.63) is 57.7 Å². The lowest BCUT2D eigenvalue weighted by Gasteiger charge is -2.06. The number of ketones is 1. The van der Waals surface area contributed by atoms with Crippen LogP contribution in [-0.4, -0.2) is 10.8 Å². The lowest BCUT2D eigenvalue weighted by molar-refractivity contribution is 0.104. The predicted molar refractivity (Wildman–Crippen MR) is 87.0 cm³/mol. The zero-order valence-corrected chi connectivity index (χ0v) is 12.3. The number of nitrogens with one attached hydrogen (secondary N) is 1. The predicted octanol–water partition coefficient (Wildman–Crippen LogP) is 3.87. The summed E-state index contributed by atoms with van der Waals surface area (Å²) in [5.74, 6) is -0.219. The van der Waals surface area contributed by atoms with Gasteiger partial charge in [-0.05, 0) is 30.3 Å². The summed E-state index contributed by atoms with van der Waals surface area (Å²) >= 11 is 12.1. The van der Waals surface area contributed by atoms with E-state index in [4.69, 9.17) is 34.7 Å². The molecule has 0 fully saturated rings. The van der Waals surface area contributed by atoms with E-state index < -0.39 is 0 Å². The molecule has 0 aliphatic heterocycles. The zero-order chi connectivity index (χ0) is 15.1. The number of carbonyl (C=O) groups is 1. The monoisotopic (exact) mass is 319 g/mol. The molecule has 6 heteroatoms. The molecule has 0 aliphatic carbocycles. The SMILES string of the molecule is Nc1ccc(C(=O)c2c[nH]c3cc(Cl)cc(Cl)c23)c(N)c1. The van der Waals surface area contributed by atoms with Crippen LogP contribution in [0.5, 0.6) is 0 Å². The summed E-state index contributed by atoms with van der Waals surface area (Å²) in [6.45, 7) is 0. The number of carbonyl (C=O) groups excluding carboxylic acids is 1. The highest BCUT2D eigenvalue weighted by Gasteiger charge is 2.18. The number of aromatic nitrogens is 1. The van der Waals surface area contributed by atoms with Crippen LogP contribution in [0.1, 0.15) is 15.9 Å². The Kier molecular flexibility index (Phi) is 3.27. The molecule has 0 saturated heterocycles. The quantitative estimate of drug-likeness (QED) is 0.495. The fraction of sp³-hybridized carbons (Fsp3) is 0. The molecule has 3 aromatic rings. The molecule has 21 heavy (non-hydrogen) atoms. The number of hydrogen-bond donors (Lipinski definition) is 3. The molecule has 106 valence electrons. The first-order chi connectivity index (χ1) is 9.97. The third kappa shape index (κ3) is 2.33. The number of hydrogen-bond acceptors (Lipinski definition) is 3. The smallest absolute Gasteiger partial charge is 0.197 e. The highest BCUT2D eigenvalue weighted by Crippen LogP contribution is 2.32. The average molecular weight is 320 g/mol. The van der Waals surface area contributed by atoms with Gasteiger partial charge in [-0.2, -0.15) is 0 Å². The number of H-pyrrole nitrogens is 1. The molecule has 0 unspecified atom stereocenters. The molecule has 0 bridgehead atoms. The van der Waals surface area contributed by atoms with Crippen LogP contribution in [0, 0.1) is 0 Å². The topological polar surface area (TPSA) is 84.9 Å². The Morgan fingerprint density at radius 2 is 1.81 bits per heavy atom. The molecule has 0 atom stereocenters. The van der Waals surface area contributed by atoms with Gasteiger partial charge in [-0.15, -0.1) is 0 Å². The Balaban J connectivity index is 2.18. The van der Waals surface area contributed by atoms with Gasteiger partial charge in [0.25, 0.3) is 0 Å². The fourth-order valence-corrected chi connectivity index (χ4v) is 2.89. The Morgan fingerprint density at radius 1 is 1.05 bits per heavy atom. The largest absolute Gasteiger partial charge is 0.399 e. The molecule has 1 heterocycles. The van der Waals surface area contributed by atoms with Crippen LogP contribution in [0.25, 0.3) is 10.9 Å². The second-order valence-corrected chi connectivity index (χ2v) is 5.53. The summed E-state index contributed by atoms with van der Waals surface area (Å²) in [7, 11) is 0. The lowest BCUT2D eigenvalue weighted by Crippen LogP contribution is -2.05. The van der Waals surface area contributed by atoms with E-state index >= 15 is 0 Å². The second kappa shape index (κ2) is 4.98. The van der Waals surface area contributed by atoms with E-state index in [-0.39, 0.29) is 5.78 Å². The number of halogens is 2. The standard InChI is InChI=1S/C15H11Cl2N3O/c16-7-3-11(17)14-10(6-20-13(14)4-7)15(21)9-2-1-8(18)5-12(9)19/h1-6,20H,18-19H2. The van der Waals surface area contributed by atoms with Crippen LogP contribution in [0.15, 0.2) is 36.5 Å². The number of aromatic amines is 1. The summed E-state index contributed by atoms with van der Waals surface area (Å²) in [5, 5.41) is 1.54. The van der Waals surface area contributed by atoms with Crippen LogP contribution in [0.3, 0.4) is 0 Å². The minimum atomic E-state index is -0.219. The van der Waals surface area contributed by atoms with E-state index in [2.05, 4.69) is 4.98 Å². The Morgan fingerprint density at radius 3 is 2.52 bits per heavy atom. The summed E-state index contributed by atoms with van der Waals surface area (Å²) in [5.41, 5.74) is 13.9.